The molecule has 0 N–H and O–H groups in total. The Balaban J connectivity index is 2.19. The predicted octanol–water partition coefficient (Wildman–Crippen LogP) is 1.81. The molecule has 82 valence electrons. The van der Waals surface area contributed by atoms with E-state index in [2.05, 4.69) is 9.88 Å². The molecule has 1 aromatic heterocycles. The molecular formula is C11H16N2OS. The number of anilines is 1. The molecule has 1 unspecified atom stereocenters. The monoisotopic (exact) mass is 224 g/mol. The van der Waals surface area contributed by atoms with E-state index in [0.717, 1.165) is 18.9 Å². The molecule has 0 saturated carbocycles. The summed E-state index contributed by atoms with van der Waals surface area (Å²) in [6, 6.07) is 5.76. The van der Waals surface area contributed by atoms with Crippen molar-refractivity contribution in [2.75, 3.05) is 24.2 Å². The second-order valence-corrected chi connectivity index (χ2v) is 5.16. The minimum atomic E-state index is -0.981. The van der Waals surface area contributed by atoms with Gasteiger partial charge in [-0.25, -0.2) is 4.98 Å². The maximum atomic E-state index is 11.3. The van der Waals surface area contributed by atoms with E-state index in [0.29, 0.717) is 5.03 Å². The molecule has 1 aromatic rings. The van der Waals surface area contributed by atoms with Gasteiger partial charge in [-0.3, -0.25) is 4.21 Å². The van der Waals surface area contributed by atoms with E-state index in [1.807, 2.05) is 18.2 Å². The van der Waals surface area contributed by atoms with Crippen molar-refractivity contribution in [1.82, 2.24) is 4.98 Å². The molecule has 1 fully saturated rings. The van der Waals surface area contributed by atoms with Gasteiger partial charge in [0.2, 0.25) is 0 Å². The minimum absolute atomic E-state index is 0.679. The molecule has 15 heavy (non-hydrogen) atoms. The van der Waals surface area contributed by atoms with Gasteiger partial charge in [-0.1, -0.05) is 6.07 Å². The Morgan fingerprint density at radius 3 is 2.67 bits per heavy atom. The first kappa shape index (κ1) is 10.6. The molecule has 0 aromatic carbocycles. The molecule has 0 amide bonds. The second-order valence-electron chi connectivity index (χ2n) is 3.84. The number of hydrogen-bond donors (Lipinski definition) is 0. The molecule has 2 heterocycles. The van der Waals surface area contributed by atoms with Crippen molar-refractivity contribution in [3.05, 3.63) is 18.2 Å². The lowest BCUT2D eigenvalue weighted by Crippen LogP contribution is -2.30. The van der Waals surface area contributed by atoms with Crippen molar-refractivity contribution < 1.29 is 4.21 Å². The summed E-state index contributed by atoms with van der Waals surface area (Å²) in [6.07, 6.45) is 5.46. The maximum Gasteiger partial charge on any atom is 0.129 e. The average molecular weight is 224 g/mol. The van der Waals surface area contributed by atoms with Crippen LogP contribution in [0.3, 0.4) is 0 Å². The van der Waals surface area contributed by atoms with Crippen LogP contribution in [-0.4, -0.2) is 28.5 Å². The Kier molecular flexibility index (Phi) is 3.36. The van der Waals surface area contributed by atoms with Gasteiger partial charge in [0.05, 0.1) is 10.8 Å². The Hall–Kier alpha value is -0.900. The van der Waals surface area contributed by atoms with Crippen molar-refractivity contribution in [1.29, 1.82) is 0 Å². The number of nitrogens with zero attached hydrogens (tertiary/aromatic N) is 2. The lowest BCUT2D eigenvalue weighted by molar-refractivity contribution is 0.572. The van der Waals surface area contributed by atoms with Gasteiger partial charge < -0.3 is 4.90 Å². The highest BCUT2D eigenvalue weighted by Crippen LogP contribution is 2.18. The molecule has 0 bridgehead atoms. The normalized spacial score (nSPS) is 18.9. The smallest absolute Gasteiger partial charge is 0.129 e. The zero-order valence-electron chi connectivity index (χ0n) is 8.98. The third-order valence-electron chi connectivity index (χ3n) is 2.68. The number of pyridine rings is 1. The van der Waals surface area contributed by atoms with Crippen LogP contribution in [0.25, 0.3) is 0 Å². The van der Waals surface area contributed by atoms with E-state index in [-0.39, 0.29) is 0 Å². The Bertz CT molecular complexity index is 361. The van der Waals surface area contributed by atoms with Crippen LogP contribution in [0, 0.1) is 0 Å². The zero-order valence-corrected chi connectivity index (χ0v) is 9.80. The van der Waals surface area contributed by atoms with Gasteiger partial charge in [0.1, 0.15) is 10.8 Å². The average Bonchev–Trinajstić information content (AvgIpc) is 2.30. The standard InChI is InChI=1S/C11H16N2OS/c1-15(14)11-7-5-6-10(12-11)13-8-3-2-4-9-13/h5-7H,2-4,8-9H2,1H3. The van der Waals surface area contributed by atoms with E-state index in [9.17, 15) is 4.21 Å². The van der Waals surface area contributed by atoms with Crippen LogP contribution in [0.15, 0.2) is 23.2 Å². The number of hydrogen-bond acceptors (Lipinski definition) is 3. The highest BCUT2D eigenvalue weighted by Gasteiger charge is 2.12. The number of piperidine rings is 1. The Morgan fingerprint density at radius 2 is 2.00 bits per heavy atom. The molecule has 1 saturated heterocycles. The van der Waals surface area contributed by atoms with Crippen LogP contribution in [0.2, 0.25) is 0 Å². The molecule has 1 atom stereocenters. The van der Waals surface area contributed by atoms with Crippen molar-refractivity contribution in [3.8, 4) is 0 Å². The topological polar surface area (TPSA) is 33.2 Å². The van der Waals surface area contributed by atoms with Gasteiger partial charge in [-0.15, -0.1) is 0 Å². The molecule has 1 aliphatic heterocycles. The van der Waals surface area contributed by atoms with Crippen molar-refractivity contribution in [2.24, 2.45) is 0 Å². The third-order valence-corrected chi connectivity index (χ3v) is 3.50. The maximum absolute atomic E-state index is 11.3. The Morgan fingerprint density at radius 1 is 1.27 bits per heavy atom. The zero-order chi connectivity index (χ0) is 10.7. The third kappa shape index (κ3) is 2.56. The van der Waals surface area contributed by atoms with E-state index < -0.39 is 10.8 Å². The van der Waals surface area contributed by atoms with Gasteiger partial charge in [-0.05, 0) is 31.4 Å². The minimum Gasteiger partial charge on any atom is -0.357 e. The van der Waals surface area contributed by atoms with E-state index in [1.165, 1.54) is 19.3 Å². The fraction of sp³-hybridized carbons (Fsp3) is 0.545. The Labute approximate surface area is 93.0 Å². The fourth-order valence-corrected chi connectivity index (χ4v) is 2.36. The largest absolute Gasteiger partial charge is 0.357 e. The SMILES string of the molecule is CS(=O)c1cccc(N2CCCCC2)n1. The summed E-state index contributed by atoms with van der Waals surface area (Å²) in [5.74, 6) is 0.974. The summed E-state index contributed by atoms with van der Waals surface area (Å²) in [7, 11) is -0.981. The lowest BCUT2D eigenvalue weighted by atomic mass is 10.1. The van der Waals surface area contributed by atoms with Crippen LogP contribution < -0.4 is 4.90 Å². The first-order valence-corrected chi connectivity index (χ1v) is 6.88. The van der Waals surface area contributed by atoms with E-state index >= 15 is 0 Å². The lowest BCUT2D eigenvalue weighted by Gasteiger charge is -2.27. The molecule has 1 aliphatic rings. The van der Waals surface area contributed by atoms with Crippen LogP contribution in [0.4, 0.5) is 5.82 Å². The predicted molar refractivity (Wildman–Crippen MR) is 62.6 cm³/mol. The van der Waals surface area contributed by atoms with E-state index in [1.54, 1.807) is 6.26 Å². The summed E-state index contributed by atoms with van der Waals surface area (Å²) >= 11 is 0. The summed E-state index contributed by atoms with van der Waals surface area (Å²) in [4.78, 5) is 6.70. The highest BCUT2D eigenvalue weighted by molar-refractivity contribution is 7.84. The number of rotatable bonds is 2. The summed E-state index contributed by atoms with van der Waals surface area (Å²) in [5, 5.41) is 0.679. The van der Waals surface area contributed by atoms with Crippen molar-refractivity contribution in [2.45, 2.75) is 24.3 Å². The molecule has 4 heteroatoms. The molecule has 3 nitrogen and oxygen atoms in total. The van der Waals surface area contributed by atoms with Gasteiger partial charge in [0.25, 0.3) is 0 Å². The van der Waals surface area contributed by atoms with Crippen LogP contribution >= 0.6 is 0 Å². The van der Waals surface area contributed by atoms with Crippen LogP contribution in [0.5, 0.6) is 0 Å². The molecule has 0 radical (unpaired) electrons. The molecule has 2 rings (SSSR count). The quantitative estimate of drug-likeness (QED) is 0.768. The first-order chi connectivity index (χ1) is 7.27. The first-order valence-electron chi connectivity index (χ1n) is 5.33. The van der Waals surface area contributed by atoms with Gasteiger partial charge in [0.15, 0.2) is 0 Å². The summed E-state index contributed by atoms with van der Waals surface area (Å²) in [5.41, 5.74) is 0. The van der Waals surface area contributed by atoms with Crippen molar-refractivity contribution >= 4 is 16.6 Å². The molecule has 0 aliphatic carbocycles. The van der Waals surface area contributed by atoms with Gasteiger partial charge in [0, 0.05) is 19.3 Å². The van der Waals surface area contributed by atoms with Crippen LogP contribution in [-0.2, 0) is 10.8 Å². The molecule has 0 spiro atoms. The number of aromatic nitrogens is 1. The molecular weight excluding hydrogens is 208 g/mol. The highest BCUT2D eigenvalue weighted by atomic mass is 32.2. The fourth-order valence-electron chi connectivity index (χ4n) is 1.86. The second kappa shape index (κ2) is 4.75. The van der Waals surface area contributed by atoms with Gasteiger partial charge >= 0.3 is 0 Å². The van der Waals surface area contributed by atoms with Crippen LogP contribution in [0.1, 0.15) is 19.3 Å². The summed E-state index contributed by atoms with van der Waals surface area (Å²) < 4.78 is 11.3. The summed E-state index contributed by atoms with van der Waals surface area (Å²) in [6.45, 7) is 2.15. The van der Waals surface area contributed by atoms with Crippen molar-refractivity contribution in [3.63, 3.8) is 0 Å². The van der Waals surface area contributed by atoms with E-state index in [4.69, 9.17) is 0 Å². The van der Waals surface area contributed by atoms with Gasteiger partial charge in [-0.2, -0.15) is 0 Å².